The zero-order chi connectivity index (χ0) is 19.0. The fourth-order valence-corrected chi connectivity index (χ4v) is 4.05. The topological polar surface area (TPSA) is 67.2 Å². The molecule has 0 N–H and O–H groups in total. The third-order valence-electron chi connectivity index (χ3n) is 4.84. The number of nitrogens with zero attached hydrogens (tertiary/aromatic N) is 4. The van der Waals surface area contributed by atoms with Crippen molar-refractivity contribution in [1.29, 1.82) is 0 Å². The summed E-state index contributed by atoms with van der Waals surface area (Å²) in [6.45, 7) is 3.71. The molecule has 3 heterocycles. The average Bonchev–Trinajstić information content (AvgIpc) is 3.28. The minimum Gasteiger partial charge on any atom is -0.497 e. The molecule has 0 atom stereocenters. The molecule has 1 fully saturated rings. The summed E-state index contributed by atoms with van der Waals surface area (Å²) in [5.74, 6) is 0.710. The van der Waals surface area contributed by atoms with Gasteiger partial charge in [0.05, 0.1) is 12.8 Å². The maximum absolute atomic E-state index is 13.2. The lowest BCUT2D eigenvalue weighted by Gasteiger charge is -2.34. The number of rotatable bonds is 3. The molecule has 0 bridgehead atoms. The molecule has 0 unspecified atom stereocenters. The Kier molecular flexibility index (Phi) is 4.57. The zero-order valence-electron chi connectivity index (χ0n) is 15.2. The van der Waals surface area contributed by atoms with Crippen LogP contribution in [0.3, 0.4) is 0 Å². The van der Waals surface area contributed by atoms with E-state index in [1.807, 2.05) is 40.2 Å². The minimum absolute atomic E-state index is 0.0449. The van der Waals surface area contributed by atoms with Crippen molar-refractivity contribution in [3.8, 4) is 17.0 Å². The molecule has 7 nitrogen and oxygen atoms in total. The Morgan fingerprint density at radius 1 is 1.07 bits per heavy atom. The van der Waals surface area contributed by atoms with Gasteiger partial charge in [0.15, 0.2) is 10.7 Å². The predicted molar refractivity (Wildman–Crippen MR) is 103 cm³/mol. The maximum Gasteiger partial charge on any atom is 0.274 e. The molecule has 27 heavy (non-hydrogen) atoms. The molecule has 8 heteroatoms. The number of aromatic nitrogens is 2. The Bertz CT molecular complexity index is 984. The Labute approximate surface area is 160 Å². The first-order valence-corrected chi connectivity index (χ1v) is 9.61. The van der Waals surface area contributed by atoms with E-state index in [0.29, 0.717) is 31.9 Å². The number of fused-ring (bicyclic) bond motifs is 1. The van der Waals surface area contributed by atoms with Crippen molar-refractivity contribution in [2.24, 2.45) is 0 Å². The fraction of sp³-hybridized carbons (Fsp3) is 0.316. The van der Waals surface area contributed by atoms with Crippen LogP contribution in [0.5, 0.6) is 5.75 Å². The first kappa shape index (κ1) is 17.5. The molecule has 1 aliphatic heterocycles. The molecule has 4 rings (SSSR count). The molecule has 0 saturated carbocycles. The third-order valence-corrected chi connectivity index (χ3v) is 5.60. The van der Waals surface area contributed by atoms with E-state index >= 15 is 0 Å². The second-order valence-corrected chi connectivity index (χ2v) is 7.26. The summed E-state index contributed by atoms with van der Waals surface area (Å²) in [7, 11) is 1.63. The standard InChI is InChI=1S/C19H20N4O3S/c1-13(24)21-7-9-22(10-8-21)18(25)16-17(23-11-12-27-19(23)20-16)14-3-5-15(26-2)6-4-14/h3-6,11-12H,7-10H2,1-2H3. The monoisotopic (exact) mass is 384 g/mol. The predicted octanol–water partition coefficient (Wildman–Crippen LogP) is 2.38. The van der Waals surface area contributed by atoms with E-state index in [2.05, 4.69) is 4.98 Å². The van der Waals surface area contributed by atoms with Crippen LogP contribution in [0.4, 0.5) is 0 Å². The lowest BCUT2D eigenvalue weighted by atomic mass is 10.1. The molecule has 3 aromatic rings. The van der Waals surface area contributed by atoms with Gasteiger partial charge < -0.3 is 14.5 Å². The van der Waals surface area contributed by atoms with Gasteiger partial charge in [-0.25, -0.2) is 4.98 Å². The number of amides is 2. The fourth-order valence-electron chi connectivity index (χ4n) is 3.33. The SMILES string of the molecule is COc1ccc(-c2c(C(=O)N3CCN(C(C)=O)CC3)nc3sccn23)cc1. The summed E-state index contributed by atoms with van der Waals surface area (Å²) in [5.41, 5.74) is 2.14. The summed E-state index contributed by atoms with van der Waals surface area (Å²) < 4.78 is 7.18. The first-order chi connectivity index (χ1) is 13.1. The Balaban J connectivity index is 1.68. The molecule has 0 aliphatic carbocycles. The molecule has 1 saturated heterocycles. The van der Waals surface area contributed by atoms with Crippen molar-refractivity contribution < 1.29 is 14.3 Å². The largest absolute Gasteiger partial charge is 0.497 e. The normalized spacial score (nSPS) is 14.6. The number of methoxy groups -OCH3 is 1. The minimum atomic E-state index is -0.0973. The molecule has 0 spiro atoms. The summed E-state index contributed by atoms with van der Waals surface area (Å²) in [4.78, 5) is 33.6. The van der Waals surface area contributed by atoms with Gasteiger partial charge in [0.1, 0.15) is 5.75 Å². The Morgan fingerprint density at radius 2 is 1.74 bits per heavy atom. The lowest BCUT2D eigenvalue weighted by Crippen LogP contribution is -2.50. The van der Waals surface area contributed by atoms with E-state index in [9.17, 15) is 9.59 Å². The zero-order valence-corrected chi connectivity index (χ0v) is 16.0. The molecule has 2 amide bonds. The number of carbonyl (C=O) groups excluding carboxylic acids is 2. The Morgan fingerprint density at radius 3 is 2.37 bits per heavy atom. The van der Waals surface area contributed by atoms with Crippen LogP contribution in [0.15, 0.2) is 35.8 Å². The highest BCUT2D eigenvalue weighted by atomic mass is 32.1. The number of thiazole rings is 1. The van der Waals surface area contributed by atoms with Gasteiger partial charge in [-0.1, -0.05) is 0 Å². The van der Waals surface area contributed by atoms with Gasteiger partial charge in [-0.3, -0.25) is 14.0 Å². The van der Waals surface area contributed by atoms with Crippen LogP contribution in [-0.4, -0.2) is 64.3 Å². The summed E-state index contributed by atoms with van der Waals surface area (Å²) in [6, 6.07) is 7.62. The van der Waals surface area contributed by atoms with Gasteiger partial charge in [-0.2, -0.15) is 0 Å². The quantitative estimate of drug-likeness (QED) is 0.695. The number of hydrogen-bond acceptors (Lipinski definition) is 5. The van der Waals surface area contributed by atoms with Crippen molar-refractivity contribution in [2.75, 3.05) is 33.3 Å². The van der Waals surface area contributed by atoms with Crippen LogP contribution >= 0.6 is 11.3 Å². The van der Waals surface area contributed by atoms with E-state index < -0.39 is 0 Å². The van der Waals surface area contributed by atoms with Crippen molar-refractivity contribution in [3.05, 3.63) is 41.5 Å². The number of benzene rings is 1. The van der Waals surface area contributed by atoms with Crippen molar-refractivity contribution in [2.45, 2.75) is 6.92 Å². The van der Waals surface area contributed by atoms with Gasteiger partial charge in [0.25, 0.3) is 5.91 Å². The van der Waals surface area contributed by atoms with Crippen LogP contribution in [-0.2, 0) is 4.79 Å². The van der Waals surface area contributed by atoms with Crippen LogP contribution in [0, 0.1) is 0 Å². The van der Waals surface area contributed by atoms with Crippen molar-refractivity contribution in [3.63, 3.8) is 0 Å². The van der Waals surface area contributed by atoms with Gasteiger partial charge >= 0.3 is 0 Å². The van der Waals surface area contributed by atoms with Crippen LogP contribution in [0.25, 0.3) is 16.2 Å². The highest BCUT2D eigenvalue weighted by Gasteiger charge is 2.28. The highest BCUT2D eigenvalue weighted by Crippen LogP contribution is 2.30. The second-order valence-electron chi connectivity index (χ2n) is 6.39. The lowest BCUT2D eigenvalue weighted by molar-refractivity contribution is -0.130. The summed E-state index contributed by atoms with van der Waals surface area (Å²) in [6.07, 6.45) is 1.93. The van der Waals surface area contributed by atoms with Gasteiger partial charge in [-0.05, 0) is 24.3 Å². The highest BCUT2D eigenvalue weighted by molar-refractivity contribution is 7.15. The summed E-state index contributed by atoms with van der Waals surface area (Å²) >= 11 is 1.50. The molecule has 140 valence electrons. The van der Waals surface area contributed by atoms with Crippen LogP contribution in [0.1, 0.15) is 17.4 Å². The smallest absolute Gasteiger partial charge is 0.274 e. The summed E-state index contributed by atoms with van der Waals surface area (Å²) in [5, 5.41) is 1.95. The third kappa shape index (κ3) is 3.16. The van der Waals surface area contributed by atoms with E-state index in [1.165, 1.54) is 11.3 Å². The van der Waals surface area contributed by atoms with Crippen LogP contribution in [0.2, 0.25) is 0 Å². The van der Waals surface area contributed by atoms with Gasteiger partial charge in [0, 0.05) is 50.2 Å². The van der Waals surface area contributed by atoms with E-state index in [4.69, 9.17) is 4.74 Å². The average molecular weight is 384 g/mol. The van der Waals surface area contributed by atoms with E-state index in [1.54, 1.807) is 23.8 Å². The molecule has 2 aromatic heterocycles. The number of imidazole rings is 1. The van der Waals surface area contributed by atoms with E-state index in [-0.39, 0.29) is 11.8 Å². The molecule has 1 aliphatic rings. The molecule has 1 aromatic carbocycles. The molecular formula is C19H20N4O3S. The second kappa shape index (κ2) is 7.03. The van der Waals surface area contributed by atoms with Gasteiger partial charge in [-0.15, -0.1) is 11.3 Å². The number of ether oxygens (including phenoxy) is 1. The first-order valence-electron chi connectivity index (χ1n) is 8.73. The molecule has 0 radical (unpaired) electrons. The van der Waals surface area contributed by atoms with Crippen molar-refractivity contribution >= 4 is 28.1 Å². The number of piperazine rings is 1. The molecular weight excluding hydrogens is 364 g/mol. The maximum atomic E-state index is 13.2. The number of hydrogen-bond donors (Lipinski definition) is 0. The Hall–Kier alpha value is -2.87. The van der Waals surface area contributed by atoms with Crippen molar-refractivity contribution in [1.82, 2.24) is 19.2 Å². The van der Waals surface area contributed by atoms with Gasteiger partial charge in [0.2, 0.25) is 5.91 Å². The number of carbonyl (C=O) groups is 2. The van der Waals surface area contributed by atoms with Crippen LogP contribution < -0.4 is 4.74 Å². The van der Waals surface area contributed by atoms with E-state index in [0.717, 1.165) is 22.0 Å².